The molecule has 0 fully saturated rings. The number of carbonyl (C=O) groups excluding carboxylic acids is 1. The van der Waals surface area contributed by atoms with Crippen molar-refractivity contribution in [3.05, 3.63) is 59.8 Å². The SMILES string of the molecule is Cc1nc2ccc(F)cn2c1C(=O)Nc1ccc(OC(F)(F)F)cc1. The molecule has 0 spiro atoms. The molecular weight excluding hydrogens is 342 g/mol. The van der Waals surface area contributed by atoms with Crippen LogP contribution >= 0.6 is 0 Å². The predicted octanol–water partition coefficient (Wildman–Crippen LogP) is 3.93. The van der Waals surface area contributed by atoms with E-state index in [-0.39, 0.29) is 11.4 Å². The first-order chi connectivity index (χ1) is 11.7. The van der Waals surface area contributed by atoms with Gasteiger partial charge in [0.25, 0.3) is 5.91 Å². The van der Waals surface area contributed by atoms with Crippen molar-refractivity contribution >= 4 is 17.2 Å². The molecule has 1 N–H and O–H groups in total. The summed E-state index contributed by atoms with van der Waals surface area (Å²) in [4.78, 5) is 16.6. The number of fused-ring (bicyclic) bond motifs is 1. The van der Waals surface area contributed by atoms with E-state index in [1.807, 2.05) is 0 Å². The van der Waals surface area contributed by atoms with E-state index in [0.717, 1.165) is 18.3 Å². The lowest BCUT2D eigenvalue weighted by Crippen LogP contribution is -2.17. The highest BCUT2D eigenvalue weighted by Crippen LogP contribution is 2.24. The molecule has 0 aliphatic carbocycles. The van der Waals surface area contributed by atoms with Crippen molar-refractivity contribution in [3.63, 3.8) is 0 Å². The van der Waals surface area contributed by atoms with E-state index in [4.69, 9.17) is 0 Å². The lowest BCUT2D eigenvalue weighted by atomic mass is 10.2. The Kier molecular flexibility index (Phi) is 4.07. The third kappa shape index (κ3) is 3.70. The molecule has 0 unspecified atom stereocenters. The first-order valence-electron chi connectivity index (χ1n) is 7.04. The normalized spacial score (nSPS) is 11.6. The topological polar surface area (TPSA) is 55.6 Å². The van der Waals surface area contributed by atoms with Crippen LogP contribution in [-0.4, -0.2) is 21.7 Å². The van der Waals surface area contributed by atoms with Gasteiger partial charge in [-0.1, -0.05) is 0 Å². The number of alkyl halides is 3. The van der Waals surface area contributed by atoms with Crippen molar-refractivity contribution < 1.29 is 27.1 Å². The summed E-state index contributed by atoms with van der Waals surface area (Å²) >= 11 is 0. The maximum atomic E-state index is 13.4. The van der Waals surface area contributed by atoms with Crippen LogP contribution in [0.1, 0.15) is 16.2 Å². The van der Waals surface area contributed by atoms with Crippen LogP contribution < -0.4 is 10.1 Å². The highest BCUT2D eigenvalue weighted by molar-refractivity contribution is 6.04. The molecule has 3 aromatic rings. The fourth-order valence-corrected chi connectivity index (χ4v) is 2.34. The van der Waals surface area contributed by atoms with Crippen LogP contribution in [0.3, 0.4) is 0 Å². The molecule has 0 radical (unpaired) electrons. The highest BCUT2D eigenvalue weighted by atomic mass is 19.4. The van der Waals surface area contributed by atoms with Gasteiger partial charge in [-0.15, -0.1) is 13.2 Å². The Hall–Kier alpha value is -3.10. The third-order valence-corrected chi connectivity index (χ3v) is 3.32. The Morgan fingerprint density at radius 2 is 1.84 bits per heavy atom. The number of carbonyl (C=O) groups is 1. The van der Waals surface area contributed by atoms with E-state index in [2.05, 4.69) is 15.0 Å². The minimum Gasteiger partial charge on any atom is -0.406 e. The zero-order chi connectivity index (χ0) is 18.2. The summed E-state index contributed by atoms with van der Waals surface area (Å²) < 4.78 is 54.9. The van der Waals surface area contributed by atoms with Gasteiger partial charge >= 0.3 is 6.36 Å². The summed E-state index contributed by atoms with van der Waals surface area (Å²) in [6, 6.07) is 7.33. The van der Waals surface area contributed by atoms with Crippen LogP contribution in [0.4, 0.5) is 23.2 Å². The highest BCUT2D eigenvalue weighted by Gasteiger charge is 2.31. The molecule has 25 heavy (non-hydrogen) atoms. The molecule has 2 heterocycles. The number of aromatic nitrogens is 2. The summed E-state index contributed by atoms with van der Waals surface area (Å²) in [7, 11) is 0. The first kappa shape index (κ1) is 16.7. The fourth-order valence-electron chi connectivity index (χ4n) is 2.34. The van der Waals surface area contributed by atoms with Crippen molar-refractivity contribution in [2.45, 2.75) is 13.3 Å². The van der Waals surface area contributed by atoms with Crippen LogP contribution in [-0.2, 0) is 0 Å². The average molecular weight is 353 g/mol. The Labute approximate surface area is 138 Å². The van der Waals surface area contributed by atoms with Gasteiger partial charge in [0.1, 0.15) is 22.9 Å². The molecule has 0 aliphatic rings. The van der Waals surface area contributed by atoms with E-state index < -0.39 is 23.8 Å². The summed E-state index contributed by atoms with van der Waals surface area (Å²) in [6.07, 6.45) is -3.66. The van der Waals surface area contributed by atoms with Crippen molar-refractivity contribution in [3.8, 4) is 5.75 Å². The molecule has 9 heteroatoms. The zero-order valence-corrected chi connectivity index (χ0v) is 12.8. The van der Waals surface area contributed by atoms with E-state index >= 15 is 0 Å². The van der Waals surface area contributed by atoms with Crippen molar-refractivity contribution in [2.24, 2.45) is 0 Å². The van der Waals surface area contributed by atoms with Crippen LogP contribution in [0.25, 0.3) is 5.65 Å². The number of rotatable bonds is 3. The van der Waals surface area contributed by atoms with Crippen LogP contribution in [0.2, 0.25) is 0 Å². The summed E-state index contributed by atoms with van der Waals surface area (Å²) in [5.41, 5.74) is 1.17. The number of pyridine rings is 1. The number of ether oxygens (including phenoxy) is 1. The Bertz CT molecular complexity index is 933. The van der Waals surface area contributed by atoms with E-state index in [0.29, 0.717) is 11.3 Å². The standard InChI is InChI=1S/C16H11F4N3O2/c1-9-14(23-8-10(17)2-7-13(23)21-9)15(24)22-11-3-5-12(6-4-11)25-16(18,19)20/h2-8H,1H3,(H,22,24). The molecule has 5 nitrogen and oxygen atoms in total. The largest absolute Gasteiger partial charge is 0.573 e. The molecule has 0 atom stereocenters. The molecule has 0 saturated carbocycles. The zero-order valence-electron chi connectivity index (χ0n) is 12.8. The second-order valence-corrected chi connectivity index (χ2v) is 5.15. The minimum absolute atomic E-state index is 0.130. The van der Waals surface area contributed by atoms with Crippen molar-refractivity contribution in [1.82, 2.24) is 9.38 Å². The molecule has 130 valence electrons. The second kappa shape index (κ2) is 6.08. The smallest absolute Gasteiger partial charge is 0.406 e. The number of benzene rings is 1. The number of hydrogen-bond acceptors (Lipinski definition) is 3. The molecule has 1 amide bonds. The van der Waals surface area contributed by atoms with E-state index in [9.17, 15) is 22.4 Å². The Morgan fingerprint density at radius 3 is 2.48 bits per heavy atom. The van der Waals surface area contributed by atoms with Gasteiger partial charge in [-0.2, -0.15) is 0 Å². The Balaban J connectivity index is 1.83. The van der Waals surface area contributed by atoms with Gasteiger partial charge in [-0.3, -0.25) is 9.20 Å². The van der Waals surface area contributed by atoms with Gasteiger partial charge < -0.3 is 10.1 Å². The number of anilines is 1. The van der Waals surface area contributed by atoms with Crippen LogP contribution in [0, 0.1) is 12.7 Å². The molecule has 3 rings (SSSR count). The van der Waals surface area contributed by atoms with Gasteiger partial charge in [0.05, 0.1) is 5.69 Å². The van der Waals surface area contributed by atoms with Crippen LogP contribution in [0.15, 0.2) is 42.6 Å². The molecule has 2 aromatic heterocycles. The quantitative estimate of drug-likeness (QED) is 0.726. The summed E-state index contributed by atoms with van der Waals surface area (Å²) in [5.74, 6) is -1.51. The summed E-state index contributed by atoms with van der Waals surface area (Å²) in [5, 5.41) is 2.53. The predicted molar refractivity (Wildman–Crippen MR) is 81.0 cm³/mol. The number of aryl methyl sites for hydroxylation is 1. The molecule has 0 bridgehead atoms. The third-order valence-electron chi connectivity index (χ3n) is 3.32. The number of imidazole rings is 1. The molecular formula is C16H11F4N3O2. The monoisotopic (exact) mass is 353 g/mol. The van der Waals surface area contributed by atoms with Gasteiger partial charge in [0, 0.05) is 11.9 Å². The number of halogens is 4. The van der Waals surface area contributed by atoms with E-state index in [1.165, 1.54) is 28.7 Å². The van der Waals surface area contributed by atoms with Gasteiger partial charge in [-0.25, -0.2) is 9.37 Å². The van der Waals surface area contributed by atoms with Crippen molar-refractivity contribution in [1.29, 1.82) is 0 Å². The number of amides is 1. The fraction of sp³-hybridized carbons (Fsp3) is 0.125. The van der Waals surface area contributed by atoms with Crippen LogP contribution in [0.5, 0.6) is 5.75 Å². The number of nitrogens with one attached hydrogen (secondary N) is 1. The maximum Gasteiger partial charge on any atom is 0.573 e. The Morgan fingerprint density at radius 1 is 1.16 bits per heavy atom. The lowest BCUT2D eigenvalue weighted by molar-refractivity contribution is -0.274. The molecule has 1 aromatic carbocycles. The number of nitrogens with zero attached hydrogens (tertiary/aromatic N) is 2. The average Bonchev–Trinajstić information content (AvgIpc) is 2.83. The van der Waals surface area contributed by atoms with Gasteiger partial charge in [-0.05, 0) is 43.3 Å². The number of hydrogen-bond donors (Lipinski definition) is 1. The maximum absolute atomic E-state index is 13.4. The molecule has 0 aliphatic heterocycles. The summed E-state index contributed by atoms with van der Waals surface area (Å²) in [6.45, 7) is 1.60. The minimum atomic E-state index is -4.79. The van der Waals surface area contributed by atoms with Gasteiger partial charge in [0.2, 0.25) is 0 Å². The van der Waals surface area contributed by atoms with Gasteiger partial charge in [0.15, 0.2) is 0 Å². The first-order valence-corrected chi connectivity index (χ1v) is 7.04. The lowest BCUT2D eigenvalue weighted by Gasteiger charge is -2.10. The second-order valence-electron chi connectivity index (χ2n) is 5.15. The molecule has 0 saturated heterocycles. The van der Waals surface area contributed by atoms with Crippen molar-refractivity contribution in [2.75, 3.05) is 5.32 Å². The van der Waals surface area contributed by atoms with E-state index in [1.54, 1.807) is 6.92 Å².